The van der Waals surface area contributed by atoms with Crippen LogP contribution < -0.4 is 10.5 Å². The summed E-state index contributed by atoms with van der Waals surface area (Å²) in [6.45, 7) is 1.03. The highest BCUT2D eigenvalue weighted by Gasteiger charge is 2.56. The number of benzene rings is 3. The maximum Gasteiger partial charge on any atom is 0.338 e. The van der Waals surface area contributed by atoms with Gasteiger partial charge < -0.3 is 24.5 Å². The second-order valence-corrected chi connectivity index (χ2v) is 10.4. The van der Waals surface area contributed by atoms with E-state index in [0.29, 0.717) is 41.9 Å². The van der Waals surface area contributed by atoms with Crippen LogP contribution in [0.15, 0.2) is 97.3 Å². The molecule has 0 radical (unpaired) electrons. The first-order chi connectivity index (χ1) is 20.5. The van der Waals surface area contributed by atoms with Gasteiger partial charge in [0.05, 0.1) is 30.7 Å². The predicted octanol–water partition coefficient (Wildman–Crippen LogP) is 4.71. The van der Waals surface area contributed by atoms with Crippen LogP contribution in [0, 0.1) is 11.3 Å². The second-order valence-electron chi connectivity index (χ2n) is 10.4. The highest BCUT2D eigenvalue weighted by molar-refractivity contribution is 5.89. The van der Waals surface area contributed by atoms with Gasteiger partial charge in [-0.3, -0.25) is 0 Å². The van der Waals surface area contributed by atoms with E-state index in [1.165, 1.54) is 0 Å². The van der Waals surface area contributed by atoms with Crippen molar-refractivity contribution in [3.05, 3.63) is 114 Å². The van der Waals surface area contributed by atoms with Crippen LogP contribution in [-0.2, 0) is 22.6 Å². The first kappa shape index (κ1) is 26.9. The third kappa shape index (κ3) is 5.92. The average Bonchev–Trinajstić information content (AvgIpc) is 3.58. The lowest BCUT2D eigenvalue weighted by atomic mass is 10.1. The van der Waals surface area contributed by atoms with Gasteiger partial charge in [0, 0.05) is 17.9 Å². The molecule has 42 heavy (non-hydrogen) atoms. The molecule has 0 amide bonds. The first-order valence-corrected chi connectivity index (χ1v) is 13.6. The Bertz CT molecular complexity index is 1690. The van der Waals surface area contributed by atoms with Gasteiger partial charge in [0.25, 0.3) is 0 Å². The zero-order chi connectivity index (χ0) is 28.9. The number of nitrogen functional groups attached to an aromatic ring is 1. The lowest BCUT2D eigenvalue weighted by Gasteiger charge is -2.19. The van der Waals surface area contributed by atoms with Gasteiger partial charge in [-0.25, -0.2) is 14.6 Å². The number of hydrogen-bond acceptors (Lipinski definition) is 9. The fourth-order valence-electron chi connectivity index (χ4n) is 5.00. The molecule has 2 unspecified atom stereocenters. The van der Waals surface area contributed by atoms with Crippen LogP contribution in [-0.4, -0.2) is 44.7 Å². The number of rotatable bonds is 11. The van der Waals surface area contributed by atoms with E-state index in [1.54, 1.807) is 54.9 Å². The Hall–Kier alpha value is -5.25. The molecule has 10 nitrogen and oxygen atoms in total. The first-order valence-electron chi connectivity index (χ1n) is 13.6. The van der Waals surface area contributed by atoms with E-state index < -0.39 is 17.4 Å². The monoisotopic (exact) mass is 563 g/mol. The van der Waals surface area contributed by atoms with E-state index >= 15 is 0 Å². The summed E-state index contributed by atoms with van der Waals surface area (Å²) in [5.74, 6) is -0.513. The molecule has 1 fully saturated rings. The van der Waals surface area contributed by atoms with E-state index in [2.05, 4.69) is 15.0 Å². The van der Waals surface area contributed by atoms with Crippen molar-refractivity contribution in [1.29, 1.82) is 0 Å². The van der Waals surface area contributed by atoms with Crippen molar-refractivity contribution < 1.29 is 23.8 Å². The summed E-state index contributed by atoms with van der Waals surface area (Å²) in [7, 11) is 0. The summed E-state index contributed by atoms with van der Waals surface area (Å²) >= 11 is 0. The Morgan fingerprint density at radius 2 is 1.48 bits per heavy atom. The van der Waals surface area contributed by atoms with Gasteiger partial charge in [-0.05, 0) is 36.2 Å². The fraction of sp³-hybridized carbons (Fsp3) is 0.219. The lowest BCUT2D eigenvalue weighted by Crippen LogP contribution is -2.24. The van der Waals surface area contributed by atoms with E-state index in [1.807, 2.05) is 47.0 Å². The number of hydrogen-bond donors (Lipinski definition) is 1. The highest BCUT2D eigenvalue weighted by atomic mass is 16.5. The molecule has 0 spiro atoms. The molecule has 0 saturated heterocycles. The van der Waals surface area contributed by atoms with Gasteiger partial charge in [0.15, 0.2) is 11.2 Å². The normalized spacial score (nSPS) is 17.5. The number of esters is 2. The van der Waals surface area contributed by atoms with E-state index in [-0.39, 0.29) is 31.0 Å². The standard InChI is InChI=1S/C32H29N5O5/c33-31-35-27-26(28(36-31)40-17-22-10-4-1-5-11-22)34-21-37(27)19-32(20-42-30(39)24-14-8-3-9-15-24)16-25(32)18-41-29(38)23-12-6-2-7-13-23/h1-15,21,25H,16-20H2,(H2,33,35,36). The molecule has 2 N–H and O–H groups in total. The minimum atomic E-state index is -0.500. The number of imidazole rings is 1. The number of anilines is 1. The molecule has 2 atom stereocenters. The summed E-state index contributed by atoms with van der Waals surface area (Å²) in [5.41, 5.74) is 8.47. The largest absolute Gasteiger partial charge is 0.471 e. The molecule has 1 aliphatic rings. The molecule has 6 rings (SSSR count). The average molecular weight is 564 g/mol. The molecular formula is C32H29N5O5. The summed E-state index contributed by atoms with van der Waals surface area (Å²) < 4.78 is 19.3. The van der Waals surface area contributed by atoms with Crippen molar-refractivity contribution in [3.63, 3.8) is 0 Å². The highest BCUT2D eigenvalue weighted by Crippen LogP contribution is 2.54. The Morgan fingerprint density at radius 1 is 0.857 bits per heavy atom. The summed E-state index contributed by atoms with van der Waals surface area (Å²) in [6, 6.07) is 27.4. The number of nitrogens with two attached hydrogens (primary N) is 1. The van der Waals surface area contributed by atoms with Gasteiger partial charge in [-0.15, -0.1) is 0 Å². The van der Waals surface area contributed by atoms with E-state index in [9.17, 15) is 9.59 Å². The van der Waals surface area contributed by atoms with Crippen molar-refractivity contribution in [2.75, 3.05) is 18.9 Å². The molecular weight excluding hydrogens is 534 g/mol. The Balaban J connectivity index is 1.21. The number of carbonyl (C=O) groups is 2. The molecule has 3 aromatic carbocycles. The van der Waals surface area contributed by atoms with Gasteiger partial charge in [0.1, 0.15) is 6.61 Å². The molecule has 2 heterocycles. The lowest BCUT2D eigenvalue weighted by molar-refractivity contribution is 0.0317. The molecule has 2 aromatic heterocycles. The van der Waals surface area contributed by atoms with Crippen LogP contribution in [0.2, 0.25) is 0 Å². The van der Waals surface area contributed by atoms with Gasteiger partial charge in [0.2, 0.25) is 11.8 Å². The van der Waals surface area contributed by atoms with Crippen molar-refractivity contribution in [3.8, 4) is 5.88 Å². The van der Waals surface area contributed by atoms with Crippen LogP contribution in [0.5, 0.6) is 5.88 Å². The third-order valence-corrected chi connectivity index (χ3v) is 7.44. The van der Waals surface area contributed by atoms with Gasteiger partial charge in [-0.1, -0.05) is 66.7 Å². The number of carbonyl (C=O) groups excluding carboxylic acids is 2. The zero-order valence-electron chi connectivity index (χ0n) is 22.8. The van der Waals surface area contributed by atoms with E-state index in [0.717, 1.165) is 5.56 Å². The van der Waals surface area contributed by atoms with Crippen molar-refractivity contribution in [2.24, 2.45) is 11.3 Å². The van der Waals surface area contributed by atoms with Crippen LogP contribution in [0.1, 0.15) is 32.7 Å². The quantitative estimate of drug-likeness (QED) is 0.227. The van der Waals surface area contributed by atoms with Gasteiger partial charge in [-0.2, -0.15) is 9.97 Å². The maximum absolute atomic E-state index is 12.8. The second kappa shape index (κ2) is 11.7. The molecule has 1 aliphatic carbocycles. The number of ether oxygens (including phenoxy) is 3. The SMILES string of the molecule is Nc1nc(OCc2ccccc2)c2ncn(CC3(COC(=O)c4ccccc4)CC3COC(=O)c3ccccc3)c2n1. The van der Waals surface area contributed by atoms with Crippen LogP contribution >= 0.6 is 0 Å². The minimum Gasteiger partial charge on any atom is -0.471 e. The van der Waals surface area contributed by atoms with Crippen molar-refractivity contribution in [1.82, 2.24) is 19.5 Å². The van der Waals surface area contributed by atoms with Crippen LogP contribution in [0.4, 0.5) is 5.95 Å². The molecule has 0 aliphatic heterocycles. The van der Waals surface area contributed by atoms with E-state index in [4.69, 9.17) is 19.9 Å². The van der Waals surface area contributed by atoms with Crippen LogP contribution in [0.25, 0.3) is 11.2 Å². The number of aromatic nitrogens is 4. The summed E-state index contributed by atoms with van der Waals surface area (Å²) in [5, 5.41) is 0. The molecule has 1 saturated carbocycles. The number of fused-ring (bicyclic) bond motifs is 1. The third-order valence-electron chi connectivity index (χ3n) is 7.44. The summed E-state index contributed by atoms with van der Waals surface area (Å²) in [4.78, 5) is 38.6. The van der Waals surface area contributed by atoms with Crippen LogP contribution in [0.3, 0.4) is 0 Å². The smallest absolute Gasteiger partial charge is 0.338 e. The maximum atomic E-state index is 12.8. The summed E-state index contributed by atoms with van der Waals surface area (Å²) in [6.07, 6.45) is 2.33. The molecule has 10 heteroatoms. The van der Waals surface area contributed by atoms with Gasteiger partial charge >= 0.3 is 11.9 Å². The Labute approximate surface area is 242 Å². The zero-order valence-corrected chi connectivity index (χ0v) is 22.8. The Morgan fingerprint density at radius 3 is 2.14 bits per heavy atom. The fourth-order valence-corrected chi connectivity index (χ4v) is 5.00. The molecule has 212 valence electrons. The van der Waals surface area contributed by atoms with Crippen molar-refractivity contribution in [2.45, 2.75) is 19.6 Å². The topological polar surface area (TPSA) is 131 Å². The minimum absolute atomic E-state index is 0.0424. The number of nitrogens with zero attached hydrogens (tertiary/aromatic N) is 4. The Kier molecular flexibility index (Phi) is 7.50. The molecule has 0 bridgehead atoms. The molecule has 5 aromatic rings. The predicted molar refractivity (Wildman–Crippen MR) is 154 cm³/mol. The van der Waals surface area contributed by atoms with Crippen molar-refractivity contribution >= 4 is 29.1 Å².